The molecule has 2 aromatic rings. The first-order valence-corrected chi connectivity index (χ1v) is 6.03. The van der Waals surface area contributed by atoms with E-state index in [4.69, 9.17) is 0 Å². The van der Waals surface area contributed by atoms with Crippen molar-refractivity contribution in [2.45, 2.75) is 0 Å². The number of nitro groups is 1. The highest BCUT2D eigenvalue weighted by molar-refractivity contribution is 5.76. The Bertz CT molecular complexity index is 746. The van der Waals surface area contributed by atoms with Crippen molar-refractivity contribution in [1.29, 1.82) is 0 Å². The predicted octanol–water partition coefficient (Wildman–Crippen LogP) is 3.88. The Morgan fingerprint density at radius 1 is 0.909 bits per heavy atom. The summed E-state index contributed by atoms with van der Waals surface area (Å²) in [7, 11) is 3.46. The van der Waals surface area contributed by atoms with Crippen LogP contribution in [0.1, 0.15) is 0 Å². The summed E-state index contributed by atoms with van der Waals surface area (Å²) >= 11 is 0. The van der Waals surface area contributed by atoms with Crippen molar-refractivity contribution in [2.75, 3.05) is 19.0 Å². The first kappa shape index (κ1) is 15.7. The molecule has 0 amide bonds. The van der Waals surface area contributed by atoms with Crippen LogP contribution in [0.15, 0.2) is 24.3 Å². The van der Waals surface area contributed by atoms with Gasteiger partial charge in [0.05, 0.1) is 4.92 Å². The standard InChI is InChI=1S/C14H10F4N2O2/c1-19(2)8-5-3-7(4-6-8)9-10(15)11(16)12(17)13(18)14(9)20(21)22/h3-6H,1-2H3. The zero-order chi connectivity index (χ0) is 16.6. The quantitative estimate of drug-likeness (QED) is 0.284. The van der Waals surface area contributed by atoms with Crippen LogP contribution in [0.3, 0.4) is 0 Å². The van der Waals surface area contributed by atoms with E-state index in [1.165, 1.54) is 24.3 Å². The first-order chi connectivity index (χ1) is 10.3. The molecule has 116 valence electrons. The molecule has 2 rings (SSSR count). The molecule has 4 nitrogen and oxygen atoms in total. The molecule has 0 N–H and O–H groups in total. The van der Waals surface area contributed by atoms with Gasteiger partial charge in [0.2, 0.25) is 11.6 Å². The van der Waals surface area contributed by atoms with Gasteiger partial charge in [0.1, 0.15) is 5.56 Å². The molecule has 0 bridgehead atoms. The molecule has 0 aromatic heterocycles. The van der Waals surface area contributed by atoms with E-state index < -0.39 is 39.4 Å². The lowest BCUT2D eigenvalue weighted by Gasteiger charge is -2.13. The Kier molecular flexibility index (Phi) is 4.03. The van der Waals surface area contributed by atoms with Gasteiger partial charge >= 0.3 is 5.69 Å². The molecule has 0 aliphatic carbocycles. The Morgan fingerprint density at radius 3 is 1.86 bits per heavy atom. The van der Waals surface area contributed by atoms with Gasteiger partial charge in [-0.1, -0.05) is 12.1 Å². The summed E-state index contributed by atoms with van der Waals surface area (Å²) in [5.74, 6) is -8.13. The molecular weight excluding hydrogens is 304 g/mol. The molecule has 0 saturated carbocycles. The number of hydrogen-bond acceptors (Lipinski definition) is 3. The summed E-state index contributed by atoms with van der Waals surface area (Å²) in [6.45, 7) is 0. The van der Waals surface area contributed by atoms with Gasteiger partial charge in [0.25, 0.3) is 0 Å². The first-order valence-electron chi connectivity index (χ1n) is 6.03. The molecule has 0 saturated heterocycles. The Hall–Kier alpha value is -2.64. The minimum absolute atomic E-state index is 0.132. The second-order valence-electron chi connectivity index (χ2n) is 4.68. The molecule has 0 aliphatic heterocycles. The summed E-state index contributed by atoms with van der Waals surface area (Å²) in [6.07, 6.45) is 0. The molecule has 2 aromatic carbocycles. The van der Waals surface area contributed by atoms with E-state index in [1.807, 2.05) is 0 Å². The van der Waals surface area contributed by atoms with Gasteiger partial charge in [0, 0.05) is 19.8 Å². The molecule has 22 heavy (non-hydrogen) atoms. The van der Waals surface area contributed by atoms with Crippen molar-refractivity contribution in [2.24, 2.45) is 0 Å². The normalized spacial score (nSPS) is 10.6. The maximum atomic E-state index is 13.9. The van der Waals surface area contributed by atoms with Crippen LogP contribution in [-0.2, 0) is 0 Å². The molecular formula is C14H10F4N2O2. The lowest BCUT2D eigenvalue weighted by atomic mass is 10.0. The van der Waals surface area contributed by atoms with Crippen LogP contribution in [-0.4, -0.2) is 19.0 Å². The van der Waals surface area contributed by atoms with E-state index in [0.717, 1.165) is 0 Å². The number of hydrogen-bond donors (Lipinski definition) is 0. The number of nitrogens with zero attached hydrogens (tertiary/aromatic N) is 2. The van der Waals surface area contributed by atoms with Crippen LogP contribution in [0, 0.1) is 33.4 Å². The summed E-state index contributed by atoms with van der Waals surface area (Å²) in [5.41, 5.74) is -1.80. The molecule has 8 heteroatoms. The topological polar surface area (TPSA) is 46.4 Å². The number of nitro benzene ring substituents is 1. The van der Waals surface area contributed by atoms with Crippen molar-refractivity contribution < 1.29 is 22.5 Å². The van der Waals surface area contributed by atoms with Crippen molar-refractivity contribution in [3.63, 3.8) is 0 Å². The third-order valence-corrected chi connectivity index (χ3v) is 3.10. The van der Waals surface area contributed by atoms with Crippen LogP contribution in [0.4, 0.5) is 28.9 Å². The molecule has 0 atom stereocenters. The van der Waals surface area contributed by atoms with Gasteiger partial charge in [-0.05, 0) is 17.7 Å². The fourth-order valence-corrected chi connectivity index (χ4v) is 1.98. The minimum Gasteiger partial charge on any atom is -0.378 e. The van der Waals surface area contributed by atoms with Gasteiger partial charge in [0.15, 0.2) is 11.6 Å². The highest BCUT2D eigenvalue weighted by Gasteiger charge is 2.33. The smallest absolute Gasteiger partial charge is 0.318 e. The van der Waals surface area contributed by atoms with E-state index in [1.54, 1.807) is 19.0 Å². The Balaban J connectivity index is 2.76. The SMILES string of the molecule is CN(C)c1ccc(-c2c(F)c(F)c(F)c(F)c2[N+](=O)[O-])cc1. The average Bonchev–Trinajstić information content (AvgIpc) is 2.48. The van der Waals surface area contributed by atoms with E-state index >= 15 is 0 Å². The van der Waals surface area contributed by atoms with E-state index in [9.17, 15) is 27.7 Å². The zero-order valence-electron chi connectivity index (χ0n) is 11.5. The van der Waals surface area contributed by atoms with E-state index in [2.05, 4.69) is 0 Å². The lowest BCUT2D eigenvalue weighted by molar-refractivity contribution is -0.387. The Morgan fingerprint density at radius 2 is 1.41 bits per heavy atom. The summed E-state index contributed by atoms with van der Waals surface area (Å²) < 4.78 is 54.1. The average molecular weight is 314 g/mol. The van der Waals surface area contributed by atoms with Gasteiger partial charge < -0.3 is 4.90 Å². The summed E-state index contributed by atoms with van der Waals surface area (Å²) in [6, 6.07) is 5.49. The van der Waals surface area contributed by atoms with Crippen LogP contribution in [0.5, 0.6) is 0 Å². The number of halogens is 4. The van der Waals surface area contributed by atoms with Gasteiger partial charge in [-0.3, -0.25) is 10.1 Å². The Labute approximate surface area is 122 Å². The molecule has 0 unspecified atom stereocenters. The van der Waals surface area contributed by atoms with E-state index in [-0.39, 0.29) is 5.56 Å². The maximum absolute atomic E-state index is 13.9. The van der Waals surface area contributed by atoms with Gasteiger partial charge in [-0.25, -0.2) is 13.2 Å². The fourth-order valence-electron chi connectivity index (χ4n) is 1.98. The number of rotatable bonds is 3. The summed E-state index contributed by atoms with van der Waals surface area (Å²) in [5, 5.41) is 10.9. The summed E-state index contributed by atoms with van der Waals surface area (Å²) in [4.78, 5) is 11.3. The largest absolute Gasteiger partial charge is 0.378 e. The number of benzene rings is 2. The highest BCUT2D eigenvalue weighted by atomic mass is 19.2. The third kappa shape index (κ3) is 2.47. The molecule has 0 aliphatic rings. The maximum Gasteiger partial charge on any atom is 0.318 e. The second kappa shape index (κ2) is 5.63. The highest BCUT2D eigenvalue weighted by Crippen LogP contribution is 2.38. The molecule has 0 heterocycles. The van der Waals surface area contributed by atoms with Crippen LogP contribution in [0.25, 0.3) is 11.1 Å². The minimum atomic E-state index is -2.21. The third-order valence-electron chi connectivity index (χ3n) is 3.10. The predicted molar refractivity (Wildman–Crippen MR) is 72.7 cm³/mol. The van der Waals surface area contributed by atoms with E-state index in [0.29, 0.717) is 5.69 Å². The van der Waals surface area contributed by atoms with Crippen molar-refractivity contribution >= 4 is 11.4 Å². The van der Waals surface area contributed by atoms with Crippen molar-refractivity contribution in [3.05, 3.63) is 57.6 Å². The van der Waals surface area contributed by atoms with Crippen LogP contribution in [0.2, 0.25) is 0 Å². The molecule has 0 fully saturated rings. The number of anilines is 1. The van der Waals surface area contributed by atoms with Crippen LogP contribution < -0.4 is 4.90 Å². The molecule has 0 radical (unpaired) electrons. The van der Waals surface area contributed by atoms with Gasteiger partial charge in [-0.15, -0.1) is 0 Å². The van der Waals surface area contributed by atoms with Gasteiger partial charge in [-0.2, -0.15) is 4.39 Å². The van der Waals surface area contributed by atoms with Crippen LogP contribution >= 0.6 is 0 Å². The van der Waals surface area contributed by atoms with Crippen molar-refractivity contribution in [1.82, 2.24) is 0 Å². The monoisotopic (exact) mass is 314 g/mol. The fraction of sp³-hybridized carbons (Fsp3) is 0.143. The lowest BCUT2D eigenvalue weighted by Crippen LogP contribution is -2.08. The zero-order valence-corrected chi connectivity index (χ0v) is 11.5. The second-order valence-corrected chi connectivity index (χ2v) is 4.68. The molecule has 0 spiro atoms. The van der Waals surface area contributed by atoms with Crippen molar-refractivity contribution in [3.8, 4) is 11.1 Å².